The Labute approximate surface area is 123 Å². The van der Waals surface area contributed by atoms with Gasteiger partial charge in [-0.3, -0.25) is 4.79 Å². The number of fused-ring (bicyclic) bond motifs is 1. The summed E-state index contributed by atoms with van der Waals surface area (Å²) in [5.74, 6) is -0.195. The van der Waals surface area contributed by atoms with Gasteiger partial charge in [0, 0.05) is 9.86 Å². The third-order valence-corrected chi connectivity index (χ3v) is 3.35. The number of hydrogen-bond donors (Lipinski definition) is 2. The van der Waals surface area contributed by atoms with Gasteiger partial charge in [0.05, 0.1) is 5.69 Å². The van der Waals surface area contributed by atoms with Gasteiger partial charge in [-0.1, -0.05) is 28.1 Å². The van der Waals surface area contributed by atoms with E-state index >= 15 is 0 Å². The van der Waals surface area contributed by atoms with Crippen LogP contribution < -0.4 is 5.32 Å². The molecule has 0 spiro atoms. The van der Waals surface area contributed by atoms with E-state index < -0.39 is 5.91 Å². The van der Waals surface area contributed by atoms with Gasteiger partial charge in [-0.25, -0.2) is 0 Å². The third kappa shape index (κ3) is 2.40. The molecule has 1 heterocycles. The second kappa shape index (κ2) is 5.02. The smallest absolute Gasteiger partial charge is 0.291 e. The van der Waals surface area contributed by atoms with Crippen molar-refractivity contribution in [1.29, 1.82) is 0 Å². The number of para-hydroxylation sites is 2. The maximum absolute atomic E-state index is 12.1. The molecule has 0 atom stereocenters. The summed E-state index contributed by atoms with van der Waals surface area (Å²) < 4.78 is 6.40. The molecular formula is C15H10BrNO3. The Morgan fingerprint density at radius 2 is 1.95 bits per heavy atom. The van der Waals surface area contributed by atoms with Gasteiger partial charge < -0.3 is 14.8 Å². The number of rotatable bonds is 2. The van der Waals surface area contributed by atoms with Crippen molar-refractivity contribution in [3.63, 3.8) is 0 Å². The first kappa shape index (κ1) is 12.7. The van der Waals surface area contributed by atoms with Crippen LogP contribution in [0.15, 0.2) is 57.4 Å². The first-order valence-corrected chi connectivity index (χ1v) is 6.71. The van der Waals surface area contributed by atoms with Gasteiger partial charge in [0.2, 0.25) is 0 Å². The first-order chi connectivity index (χ1) is 9.63. The molecule has 100 valence electrons. The number of furan rings is 1. The lowest BCUT2D eigenvalue weighted by molar-refractivity contribution is 0.0998. The quantitative estimate of drug-likeness (QED) is 0.693. The molecule has 4 nitrogen and oxygen atoms in total. The summed E-state index contributed by atoms with van der Waals surface area (Å²) in [6.07, 6.45) is 0. The van der Waals surface area contributed by atoms with Gasteiger partial charge in [-0.15, -0.1) is 0 Å². The molecule has 0 aliphatic rings. The molecule has 0 fully saturated rings. The standard InChI is InChI=1S/C15H10BrNO3/c16-10-5-6-13-9(7-10)8-14(20-13)15(19)17-11-3-1-2-4-12(11)18/h1-8,18H,(H,17,19). The molecule has 1 aromatic heterocycles. The van der Waals surface area contributed by atoms with Crippen LogP contribution in [0.2, 0.25) is 0 Å². The molecule has 0 unspecified atom stereocenters. The minimum absolute atomic E-state index is 0.0136. The van der Waals surface area contributed by atoms with Crippen LogP contribution in [0, 0.1) is 0 Å². The molecule has 5 heteroatoms. The number of phenols is 1. The van der Waals surface area contributed by atoms with Gasteiger partial charge in [0.15, 0.2) is 5.76 Å². The Kier molecular flexibility index (Phi) is 3.20. The zero-order chi connectivity index (χ0) is 14.1. The zero-order valence-electron chi connectivity index (χ0n) is 10.3. The van der Waals surface area contributed by atoms with Crippen LogP contribution in [0.3, 0.4) is 0 Å². The van der Waals surface area contributed by atoms with E-state index in [1.165, 1.54) is 6.07 Å². The first-order valence-electron chi connectivity index (χ1n) is 5.92. The predicted octanol–water partition coefficient (Wildman–Crippen LogP) is 4.15. The topological polar surface area (TPSA) is 62.5 Å². The number of amides is 1. The number of halogens is 1. The molecule has 0 radical (unpaired) electrons. The van der Waals surface area contributed by atoms with Crippen LogP contribution in [0.1, 0.15) is 10.6 Å². The highest BCUT2D eigenvalue weighted by atomic mass is 79.9. The third-order valence-electron chi connectivity index (χ3n) is 2.85. The van der Waals surface area contributed by atoms with Crippen molar-refractivity contribution in [3.8, 4) is 5.75 Å². The highest BCUT2D eigenvalue weighted by Crippen LogP contribution is 2.26. The summed E-state index contributed by atoms with van der Waals surface area (Å²) in [6, 6.07) is 13.7. The van der Waals surface area contributed by atoms with Crippen molar-refractivity contribution in [3.05, 3.63) is 58.8 Å². The number of carbonyl (C=O) groups excluding carboxylic acids is 1. The molecule has 3 rings (SSSR count). The fourth-order valence-corrected chi connectivity index (χ4v) is 2.27. The summed E-state index contributed by atoms with van der Waals surface area (Å²) in [4.78, 5) is 12.1. The van der Waals surface area contributed by atoms with Gasteiger partial charge in [0.25, 0.3) is 5.91 Å². The van der Waals surface area contributed by atoms with Crippen molar-refractivity contribution in [2.45, 2.75) is 0 Å². The number of anilines is 1. The molecule has 2 aromatic carbocycles. The minimum atomic E-state index is -0.404. The summed E-state index contributed by atoms with van der Waals surface area (Å²) in [7, 11) is 0. The van der Waals surface area contributed by atoms with E-state index in [2.05, 4.69) is 21.2 Å². The van der Waals surface area contributed by atoms with Crippen LogP contribution in [0.25, 0.3) is 11.0 Å². The van der Waals surface area contributed by atoms with E-state index in [0.717, 1.165) is 9.86 Å². The fraction of sp³-hybridized carbons (Fsp3) is 0. The van der Waals surface area contributed by atoms with E-state index in [0.29, 0.717) is 11.3 Å². The van der Waals surface area contributed by atoms with E-state index in [1.54, 1.807) is 30.3 Å². The lowest BCUT2D eigenvalue weighted by Crippen LogP contribution is -2.10. The van der Waals surface area contributed by atoms with Crippen LogP contribution >= 0.6 is 15.9 Å². The monoisotopic (exact) mass is 331 g/mol. The van der Waals surface area contributed by atoms with Gasteiger partial charge >= 0.3 is 0 Å². The number of nitrogens with one attached hydrogen (secondary N) is 1. The molecule has 0 saturated carbocycles. The second-order valence-corrected chi connectivity index (χ2v) is 5.18. The molecule has 0 bridgehead atoms. The number of aromatic hydroxyl groups is 1. The van der Waals surface area contributed by atoms with E-state index in [-0.39, 0.29) is 11.5 Å². The van der Waals surface area contributed by atoms with Crippen LogP contribution in [-0.4, -0.2) is 11.0 Å². The Hall–Kier alpha value is -2.27. The van der Waals surface area contributed by atoms with Crippen molar-refractivity contribution >= 4 is 38.5 Å². The largest absolute Gasteiger partial charge is 0.506 e. The summed E-state index contributed by atoms with van der Waals surface area (Å²) in [5.41, 5.74) is 0.981. The van der Waals surface area contributed by atoms with Crippen LogP contribution in [0.5, 0.6) is 5.75 Å². The summed E-state index contributed by atoms with van der Waals surface area (Å²) >= 11 is 3.37. The lowest BCUT2D eigenvalue weighted by Gasteiger charge is -2.04. The maximum atomic E-state index is 12.1. The normalized spacial score (nSPS) is 10.7. The molecule has 0 saturated heterocycles. The predicted molar refractivity (Wildman–Crippen MR) is 80.0 cm³/mol. The lowest BCUT2D eigenvalue weighted by atomic mass is 10.2. The Morgan fingerprint density at radius 3 is 2.75 bits per heavy atom. The summed E-state index contributed by atoms with van der Waals surface area (Å²) in [6.45, 7) is 0. The molecule has 3 aromatic rings. The van der Waals surface area contributed by atoms with E-state index in [4.69, 9.17) is 4.42 Å². The number of phenolic OH excluding ortho intramolecular Hbond substituents is 1. The van der Waals surface area contributed by atoms with Gasteiger partial charge in [0.1, 0.15) is 11.3 Å². The van der Waals surface area contributed by atoms with Crippen molar-refractivity contribution in [2.24, 2.45) is 0 Å². The molecule has 0 aliphatic carbocycles. The molecule has 0 aliphatic heterocycles. The molecular weight excluding hydrogens is 322 g/mol. The number of carbonyl (C=O) groups is 1. The molecule has 2 N–H and O–H groups in total. The zero-order valence-corrected chi connectivity index (χ0v) is 11.8. The summed E-state index contributed by atoms with van der Waals surface area (Å²) in [5, 5.41) is 13.1. The minimum Gasteiger partial charge on any atom is -0.506 e. The highest BCUT2D eigenvalue weighted by molar-refractivity contribution is 9.10. The highest BCUT2D eigenvalue weighted by Gasteiger charge is 2.14. The SMILES string of the molecule is O=C(Nc1ccccc1O)c1cc2cc(Br)ccc2o1. The van der Waals surface area contributed by atoms with Gasteiger partial charge in [-0.05, 0) is 36.4 Å². The maximum Gasteiger partial charge on any atom is 0.291 e. The van der Waals surface area contributed by atoms with Crippen LogP contribution in [-0.2, 0) is 0 Å². The Balaban J connectivity index is 1.91. The Morgan fingerprint density at radius 1 is 1.15 bits per heavy atom. The van der Waals surface area contributed by atoms with Crippen LogP contribution in [0.4, 0.5) is 5.69 Å². The average molecular weight is 332 g/mol. The van der Waals surface area contributed by atoms with E-state index in [1.807, 2.05) is 12.1 Å². The van der Waals surface area contributed by atoms with Crippen molar-refractivity contribution in [2.75, 3.05) is 5.32 Å². The van der Waals surface area contributed by atoms with E-state index in [9.17, 15) is 9.90 Å². The fourth-order valence-electron chi connectivity index (χ4n) is 1.89. The number of hydrogen-bond acceptors (Lipinski definition) is 3. The molecule has 1 amide bonds. The number of benzene rings is 2. The molecule has 20 heavy (non-hydrogen) atoms. The van der Waals surface area contributed by atoms with Crippen molar-refractivity contribution in [1.82, 2.24) is 0 Å². The average Bonchev–Trinajstić information content (AvgIpc) is 2.84. The van der Waals surface area contributed by atoms with Crippen molar-refractivity contribution < 1.29 is 14.3 Å². The van der Waals surface area contributed by atoms with Gasteiger partial charge in [-0.2, -0.15) is 0 Å². The second-order valence-electron chi connectivity index (χ2n) is 4.26. The Bertz CT molecular complexity index is 795.